The van der Waals surface area contributed by atoms with Gasteiger partial charge >= 0.3 is 12.1 Å². The summed E-state index contributed by atoms with van der Waals surface area (Å²) in [6.45, 7) is 3.15. The minimum absolute atomic E-state index is 0.157. The average molecular weight is 551 g/mol. The third kappa shape index (κ3) is 6.63. The van der Waals surface area contributed by atoms with E-state index in [-0.39, 0.29) is 18.1 Å². The second-order valence-corrected chi connectivity index (χ2v) is 8.87. The first-order chi connectivity index (χ1) is 19.2. The molecule has 1 atom stereocenters. The van der Waals surface area contributed by atoms with Crippen molar-refractivity contribution in [2.75, 3.05) is 40.3 Å². The van der Waals surface area contributed by atoms with Crippen LogP contribution in [0.3, 0.4) is 0 Å². The van der Waals surface area contributed by atoms with Crippen molar-refractivity contribution in [3.8, 4) is 23.0 Å². The van der Waals surface area contributed by atoms with E-state index in [1.807, 2.05) is 37.3 Å². The molecule has 0 fully saturated rings. The second kappa shape index (κ2) is 13.4. The molecule has 0 aromatic heterocycles. The van der Waals surface area contributed by atoms with Gasteiger partial charge in [-0.25, -0.2) is 9.59 Å². The Labute approximate surface area is 233 Å². The highest BCUT2D eigenvalue weighted by molar-refractivity contribution is 5.91. The Hall–Kier alpha value is -4.73. The van der Waals surface area contributed by atoms with Crippen LogP contribution in [0.4, 0.5) is 10.5 Å². The van der Waals surface area contributed by atoms with Crippen LogP contribution < -0.4 is 24.3 Å². The topological polar surface area (TPSA) is 113 Å². The van der Waals surface area contributed by atoms with Crippen molar-refractivity contribution in [1.29, 1.82) is 0 Å². The molecule has 0 spiro atoms. The number of amides is 2. The highest BCUT2D eigenvalue weighted by Crippen LogP contribution is 2.39. The number of hydrogen-bond acceptors (Lipinski definition) is 8. The summed E-state index contributed by atoms with van der Waals surface area (Å²) in [4.78, 5) is 39.3. The highest BCUT2D eigenvalue weighted by Gasteiger charge is 2.40. The first-order valence-electron chi connectivity index (χ1n) is 12.5. The number of nitrogens with one attached hydrogen (secondary N) is 1. The quantitative estimate of drug-likeness (QED) is 0.322. The lowest BCUT2D eigenvalue weighted by atomic mass is 9.86. The highest BCUT2D eigenvalue weighted by atomic mass is 16.6. The van der Waals surface area contributed by atoms with E-state index in [1.165, 1.54) is 45.3 Å². The molecule has 0 saturated heterocycles. The van der Waals surface area contributed by atoms with Crippen LogP contribution in [0.15, 0.2) is 66.7 Å². The molecular formula is C30H34N2O8. The number of methoxy groups -OCH3 is 3. The van der Waals surface area contributed by atoms with Gasteiger partial charge in [0.05, 0.1) is 26.9 Å². The van der Waals surface area contributed by atoms with E-state index in [9.17, 15) is 14.4 Å². The molecule has 1 unspecified atom stereocenters. The molecular weight excluding hydrogens is 516 g/mol. The lowest BCUT2D eigenvalue weighted by Gasteiger charge is -2.40. The normalized spacial score (nSPS) is 11.9. The Morgan fingerprint density at radius 2 is 1.48 bits per heavy atom. The minimum atomic E-state index is -1.05. The number of carbonyl (C=O) groups excluding carboxylic acids is 3. The zero-order valence-corrected chi connectivity index (χ0v) is 23.5. The number of rotatable bonds is 11. The molecule has 1 N–H and O–H groups in total. The van der Waals surface area contributed by atoms with Gasteiger partial charge in [0.15, 0.2) is 11.5 Å². The molecule has 10 nitrogen and oxygen atoms in total. The summed E-state index contributed by atoms with van der Waals surface area (Å²) in [5.41, 5.74) is 0.476. The Bertz CT molecular complexity index is 1300. The fourth-order valence-electron chi connectivity index (χ4n) is 4.29. The van der Waals surface area contributed by atoms with Crippen molar-refractivity contribution in [3.05, 3.63) is 77.9 Å². The average Bonchev–Trinajstić information content (AvgIpc) is 2.97. The van der Waals surface area contributed by atoms with Gasteiger partial charge in [-0.05, 0) is 48.4 Å². The zero-order chi connectivity index (χ0) is 29.3. The summed E-state index contributed by atoms with van der Waals surface area (Å²) in [7, 11) is 5.98. The van der Waals surface area contributed by atoms with E-state index in [0.717, 1.165) is 5.56 Å². The smallest absolute Gasteiger partial charge is 0.415 e. The van der Waals surface area contributed by atoms with Crippen LogP contribution in [-0.4, -0.2) is 57.9 Å². The lowest BCUT2D eigenvalue weighted by molar-refractivity contribution is -0.114. The zero-order valence-electron chi connectivity index (χ0n) is 23.5. The first kappa shape index (κ1) is 29.8. The Kier molecular flexibility index (Phi) is 9.97. The van der Waals surface area contributed by atoms with E-state index in [4.69, 9.17) is 23.7 Å². The van der Waals surface area contributed by atoms with Gasteiger partial charge in [0.2, 0.25) is 11.7 Å². The minimum Gasteiger partial charge on any atom is -0.493 e. The van der Waals surface area contributed by atoms with Crippen LogP contribution >= 0.6 is 0 Å². The predicted molar refractivity (Wildman–Crippen MR) is 149 cm³/mol. The summed E-state index contributed by atoms with van der Waals surface area (Å²) < 4.78 is 27.5. The van der Waals surface area contributed by atoms with Gasteiger partial charge in [-0.2, -0.15) is 0 Å². The molecule has 0 aliphatic heterocycles. The molecule has 3 rings (SSSR count). The Morgan fingerprint density at radius 3 is 1.98 bits per heavy atom. The second-order valence-electron chi connectivity index (χ2n) is 8.87. The molecule has 0 aliphatic rings. The molecule has 40 heavy (non-hydrogen) atoms. The largest absolute Gasteiger partial charge is 0.493 e. The van der Waals surface area contributed by atoms with Gasteiger partial charge in [-0.15, -0.1) is 0 Å². The number of ether oxygens (including phenoxy) is 5. The molecule has 3 aromatic rings. The van der Waals surface area contributed by atoms with Gasteiger partial charge in [0.25, 0.3) is 0 Å². The lowest BCUT2D eigenvalue weighted by Crippen LogP contribution is -2.51. The molecule has 0 heterocycles. The van der Waals surface area contributed by atoms with Gasteiger partial charge in [-0.3, -0.25) is 9.69 Å². The van der Waals surface area contributed by atoms with Crippen LogP contribution in [-0.2, 0) is 15.1 Å². The van der Waals surface area contributed by atoms with Gasteiger partial charge in [0, 0.05) is 19.7 Å². The number of esters is 1. The number of carbonyl (C=O) groups is 3. The molecule has 10 heteroatoms. The van der Waals surface area contributed by atoms with Crippen LogP contribution in [0.5, 0.6) is 23.0 Å². The molecule has 0 bridgehead atoms. The first-order valence-corrected chi connectivity index (χ1v) is 12.5. The molecule has 0 aliphatic carbocycles. The van der Waals surface area contributed by atoms with Gasteiger partial charge in [0.1, 0.15) is 17.9 Å². The van der Waals surface area contributed by atoms with Crippen molar-refractivity contribution in [3.63, 3.8) is 0 Å². The number of hydrogen-bond donors (Lipinski definition) is 1. The molecule has 212 valence electrons. The van der Waals surface area contributed by atoms with E-state index in [0.29, 0.717) is 35.1 Å². The van der Waals surface area contributed by atoms with Crippen molar-refractivity contribution >= 4 is 23.7 Å². The van der Waals surface area contributed by atoms with Crippen LogP contribution in [0.25, 0.3) is 0 Å². The van der Waals surface area contributed by atoms with E-state index in [1.54, 1.807) is 31.3 Å². The number of nitrogens with zero attached hydrogens (tertiary/aromatic N) is 1. The Balaban J connectivity index is 1.88. The molecule has 3 aromatic carbocycles. The van der Waals surface area contributed by atoms with Crippen molar-refractivity contribution < 1.29 is 38.1 Å². The van der Waals surface area contributed by atoms with Gasteiger partial charge < -0.3 is 29.0 Å². The Morgan fingerprint density at radius 1 is 0.875 bits per heavy atom. The van der Waals surface area contributed by atoms with Crippen molar-refractivity contribution in [1.82, 2.24) is 4.90 Å². The number of likely N-dealkylation sites (N-methyl/N-ethyl adjacent to an activating group) is 1. The van der Waals surface area contributed by atoms with E-state index >= 15 is 0 Å². The standard InChI is InChI=1S/C30H34N2O8/c1-7-30(22-11-9-8-10-12-22,32(3)29(35)40-24-15-13-23(14-16-24)31-20(2)33)19-39-28(34)21-17-25(36-4)27(38-6)26(18-21)37-5/h8-18H,7,19H2,1-6H3,(H,31,33). The van der Waals surface area contributed by atoms with Crippen LogP contribution in [0, 0.1) is 0 Å². The van der Waals surface area contributed by atoms with Crippen molar-refractivity contribution in [2.45, 2.75) is 25.8 Å². The summed E-state index contributed by atoms with van der Waals surface area (Å²) in [6.07, 6.45) is -0.242. The SMILES string of the molecule is CCC(COC(=O)c1cc(OC)c(OC)c(OC)c1)(c1ccccc1)N(C)C(=O)Oc1ccc(NC(C)=O)cc1. The van der Waals surface area contributed by atoms with E-state index < -0.39 is 17.6 Å². The molecule has 0 radical (unpaired) electrons. The summed E-state index contributed by atoms with van der Waals surface area (Å²) in [5.74, 6) is 0.414. The maximum Gasteiger partial charge on any atom is 0.415 e. The summed E-state index contributed by atoms with van der Waals surface area (Å²) in [5, 5.41) is 2.66. The maximum atomic E-state index is 13.4. The van der Waals surface area contributed by atoms with Gasteiger partial charge in [-0.1, -0.05) is 37.3 Å². The number of anilines is 1. The van der Waals surface area contributed by atoms with E-state index in [2.05, 4.69) is 5.32 Å². The maximum absolute atomic E-state index is 13.4. The van der Waals surface area contributed by atoms with Crippen LogP contribution in [0.1, 0.15) is 36.2 Å². The number of benzene rings is 3. The monoisotopic (exact) mass is 550 g/mol. The fraction of sp³-hybridized carbons (Fsp3) is 0.300. The predicted octanol–water partition coefficient (Wildman–Crippen LogP) is 5.26. The third-order valence-electron chi connectivity index (χ3n) is 6.53. The summed E-state index contributed by atoms with van der Waals surface area (Å²) in [6, 6.07) is 18.7. The fourth-order valence-corrected chi connectivity index (χ4v) is 4.29. The van der Waals surface area contributed by atoms with Crippen molar-refractivity contribution in [2.24, 2.45) is 0 Å². The molecule has 0 saturated carbocycles. The summed E-state index contributed by atoms with van der Waals surface area (Å²) >= 11 is 0. The van der Waals surface area contributed by atoms with Crippen LogP contribution in [0.2, 0.25) is 0 Å². The third-order valence-corrected chi connectivity index (χ3v) is 6.53. The molecule has 2 amide bonds.